The normalized spacial score (nSPS) is 16.6. The number of likely N-dealkylation sites (tertiary alicyclic amines) is 1. The highest BCUT2D eigenvalue weighted by atomic mass is 35.5. The molecule has 0 unspecified atom stereocenters. The molecule has 6 rings (SSSR count). The van der Waals surface area contributed by atoms with Gasteiger partial charge in [0.2, 0.25) is 0 Å². The average Bonchev–Trinajstić information content (AvgIpc) is 3.72. The highest BCUT2D eigenvalue weighted by molar-refractivity contribution is 6.31. The van der Waals surface area contributed by atoms with Gasteiger partial charge in [0.05, 0.1) is 24.4 Å². The monoisotopic (exact) mass is 568 g/mol. The highest BCUT2D eigenvalue weighted by Crippen LogP contribution is 2.37. The van der Waals surface area contributed by atoms with Crippen LogP contribution in [-0.2, 0) is 26.5 Å². The largest absolute Gasteiger partial charge is 0.483 e. The second kappa shape index (κ2) is 12.4. The summed E-state index contributed by atoms with van der Waals surface area (Å²) in [5, 5.41) is 1.72. The van der Waals surface area contributed by atoms with Gasteiger partial charge in [-0.3, -0.25) is 4.79 Å². The van der Waals surface area contributed by atoms with Gasteiger partial charge in [-0.1, -0.05) is 66.2 Å². The molecule has 3 heterocycles. The van der Waals surface area contributed by atoms with E-state index in [1.807, 2.05) is 77.7 Å². The van der Waals surface area contributed by atoms with Gasteiger partial charge in [0.1, 0.15) is 5.75 Å². The standard InChI is InChI=1S/C34H33ClN2O4/c35-29-13-11-26-12-15-30(36-31(26)23-29)14-10-25-6-5-8-28(22-25)34(40-20-21-41-34)17-16-27-7-1-2-9-32(27)39-24-33(38)37-18-3-4-19-37/h1-2,5-15,22-23H,3-4,16-21,24H2/b14-10+. The zero-order valence-corrected chi connectivity index (χ0v) is 23.7. The summed E-state index contributed by atoms with van der Waals surface area (Å²) in [6, 6.07) is 25.9. The number of aromatic nitrogens is 1. The SMILES string of the molecule is O=C(COc1ccccc1CCC1(c2cccc(/C=C/c3ccc4ccc(Cl)cc4n3)c2)OCCO1)N1CCCC1. The van der Waals surface area contributed by atoms with Gasteiger partial charge >= 0.3 is 0 Å². The zero-order valence-electron chi connectivity index (χ0n) is 22.9. The van der Waals surface area contributed by atoms with Gasteiger partial charge in [0, 0.05) is 35.5 Å². The summed E-state index contributed by atoms with van der Waals surface area (Å²) in [4.78, 5) is 19.1. The van der Waals surface area contributed by atoms with Crippen molar-refractivity contribution < 1.29 is 19.0 Å². The van der Waals surface area contributed by atoms with E-state index < -0.39 is 5.79 Å². The van der Waals surface area contributed by atoms with Crippen LogP contribution in [0.5, 0.6) is 5.75 Å². The lowest BCUT2D eigenvalue weighted by molar-refractivity contribution is -0.170. The molecule has 2 saturated heterocycles. The molecule has 0 atom stereocenters. The van der Waals surface area contributed by atoms with Crippen molar-refractivity contribution in [2.45, 2.75) is 31.5 Å². The number of hydrogen-bond donors (Lipinski definition) is 0. The van der Waals surface area contributed by atoms with Crippen molar-refractivity contribution in [3.63, 3.8) is 0 Å². The summed E-state index contributed by atoms with van der Waals surface area (Å²) in [6.07, 6.45) is 7.48. The second-order valence-electron chi connectivity index (χ2n) is 10.5. The number of halogens is 1. The summed E-state index contributed by atoms with van der Waals surface area (Å²) >= 11 is 6.16. The van der Waals surface area contributed by atoms with Crippen molar-refractivity contribution >= 4 is 40.6 Å². The Morgan fingerprint density at radius 3 is 2.61 bits per heavy atom. The molecule has 4 aromatic rings. The zero-order chi connectivity index (χ0) is 28.1. The Morgan fingerprint density at radius 2 is 1.76 bits per heavy atom. The molecule has 2 aliphatic heterocycles. The Kier molecular flexibility index (Phi) is 8.33. The van der Waals surface area contributed by atoms with Crippen LogP contribution < -0.4 is 4.74 Å². The molecule has 0 N–H and O–H groups in total. The van der Waals surface area contributed by atoms with E-state index in [-0.39, 0.29) is 12.5 Å². The molecule has 0 saturated carbocycles. The van der Waals surface area contributed by atoms with E-state index in [2.05, 4.69) is 18.2 Å². The minimum absolute atomic E-state index is 0.0452. The van der Waals surface area contributed by atoms with Gasteiger partial charge in [-0.15, -0.1) is 0 Å². The number of carbonyl (C=O) groups excluding carboxylic acids is 1. The molecule has 2 aliphatic rings. The van der Waals surface area contributed by atoms with Crippen LogP contribution in [0.15, 0.2) is 78.9 Å². The number of aryl methyl sites for hydroxylation is 1. The third kappa shape index (κ3) is 6.46. The van der Waals surface area contributed by atoms with Crippen LogP contribution in [0, 0.1) is 0 Å². The van der Waals surface area contributed by atoms with E-state index in [1.54, 1.807) is 0 Å². The number of benzene rings is 3. The van der Waals surface area contributed by atoms with Gasteiger partial charge < -0.3 is 19.1 Å². The number of rotatable bonds is 9. The lowest BCUT2D eigenvalue weighted by atomic mass is 9.95. The van der Waals surface area contributed by atoms with Crippen molar-refractivity contribution in [2.24, 2.45) is 0 Å². The molecule has 0 bridgehead atoms. The van der Waals surface area contributed by atoms with Crippen molar-refractivity contribution in [2.75, 3.05) is 32.9 Å². The van der Waals surface area contributed by atoms with Crippen LogP contribution in [0.2, 0.25) is 5.02 Å². The molecule has 1 aromatic heterocycles. The van der Waals surface area contributed by atoms with Crippen molar-refractivity contribution in [1.29, 1.82) is 0 Å². The predicted molar refractivity (Wildman–Crippen MR) is 162 cm³/mol. The fourth-order valence-corrected chi connectivity index (χ4v) is 5.68. The smallest absolute Gasteiger partial charge is 0.260 e. The molecule has 6 nitrogen and oxygen atoms in total. The van der Waals surface area contributed by atoms with Gasteiger partial charge in [0.25, 0.3) is 5.91 Å². The molecule has 1 amide bonds. The Hall–Kier alpha value is -3.71. The van der Waals surface area contributed by atoms with Gasteiger partial charge in [0.15, 0.2) is 12.4 Å². The average molecular weight is 569 g/mol. The minimum atomic E-state index is -0.847. The molecule has 7 heteroatoms. The number of nitrogens with zero attached hydrogens (tertiary/aromatic N) is 2. The summed E-state index contributed by atoms with van der Waals surface area (Å²) in [5.41, 5.74) is 4.74. The fourth-order valence-electron chi connectivity index (χ4n) is 5.52. The summed E-state index contributed by atoms with van der Waals surface area (Å²) in [7, 11) is 0. The fraction of sp³-hybridized carbons (Fsp3) is 0.294. The van der Waals surface area contributed by atoms with Crippen LogP contribution >= 0.6 is 11.6 Å². The third-order valence-electron chi connectivity index (χ3n) is 7.71. The first-order valence-corrected chi connectivity index (χ1v) is 14.6. The molecule has 0 spiro atoms. The number of amides is 1. The molecule has 0 aliphatic carbocycles. The molecule has 0 radical (unpaired) electrons. The summed E-state index contributed by atoms with van der Waals surface area (Å²) < 4.78 is 18.5. The Balaban J connectivity index is 1.16. The molecule has 3 aromatic carbocycles. The molecule has 2 fully saturated rings. The Bertz CT molecular complexity index is 1560. The molecular weight excluding hydrogens is 536 g/mol. The van der Waals surface area contributed by atoms with E-state index in [9.17, 15) is 4.79 Å². The number of fused-ring (bicyclic) bond motifs is 1. The van der Waals surface area contributed by atoms with Gasteiger partial charge in [-0.25, -0.2) is 4.98 Å². The van der Waals surface area contributed by atoms with Crippen LogP contribution in [0.3, 0.4) is 0 Å². The predicted octanol–water partition coefficient (Wildman–Crippen LogP) is 6.89. The number of hydrogen-bond acceptors (Lipinski definition) is 5. The topological polar surface area (TPSA) is 60.9 Å². The van der Waals surface area contributed by atoms with Crippen LogP contribution in [0.1, 0.15) is 41.6 Å². The number of para-hydroxylation sites is 1. The van der Waals surface area contributed by atoms with Crippen molar-refractivity contribution in [3.8, 4) is 5.75 Å². The third-order valence-corrected chi connectivity index (χ3v) is 7.94. The lowest BCUT2D eigenvalue weighted by Crippen LogP contribution is -2.32. The van der Waals surface area contributed by atoms with Crippen LogP contribution in [-0.4, -0.2) is 48.7 Å². The van der Waals surface area contributed by atoms with E-state index >= 15 is 0 Å². The van der Waals surface area contributed by atoms with E-state index in [4.69, 9.17) is 30.8 Å². The van der Waals surface area contributed by atoms with Gasteiger partial charge in [-0.2, -0.15) is 0 Å². The number of carbonyl (C=O) groups is 1. The van der Waals surface area contributed by atoms with Crippen molar-refractivity contribution in [3.05, 3.63) is 106 Å². The first-order chi connectivity index (χ1) is 20.1. The quantitative estimate of drug-likeness (QED) is 0.220. The highest BCUT2D eigenvalue weighted by Gasteiger charge is 2.38. The maximum Gasteiger partial charge on any atom is 0.260 e. The molecule has 41 heavy (non-hydrogen) atoms. The van der Waals surface area contributed by atoms with Crippen LogP contribution in [0.25, 0.3) is 23.1 Å². The maximum atomic E-state index is 12.5. The first-order valence-electron chi connectivity index (χ1n) is 14.2. The summed E-state index contributed by atoms with van der Waals surface area (Å²) in [6.45, 7) is 2.77. The lowest BCUT2D eigenvalue weighted by Gasteiger charge is -2.28. The summed E-state index contributed by atoms with van der Waals surface area (Å²) in [5.74, 6) is -0.0712. The van der Waals surface area contributed by atoms with E-state index in [0.29, 0.717) is 31.1 Å². The Morgan fingerprint density at radius 1 is 0.951 bits per heavy atom. The van der Waals surface area contributed by atoms with Crippen molar-refractivity contribution in [1.82, 2.24) is 9.88 Å². The van der Waals surface area contributed by atoms with Gasteiger partial charge in [-0.05, 0) is 66.8 Å². The number of ether oxygens (including phenoxy) is 3. The number of pyridine rings is 1. The minimum Gasteiger partial charge on any atom is -0.483 e. The molecule has 210 valence electrons. The van der Waals surface area contributed by atoms with Crippen LogP contribution in [0.4, 0.5) is 0 Å². The second-order valence-corrected chi connectivity index (χ2v) is 10.9. The molecular formula is C34H33ClN2O4. The van der Waals surface area contributed by atoms with E-state index in [1.165, 1.54) is 0 Å². The van der Waals surface area contributed by atoms with E-state index in [0.717, 1.165) is 65.0 Å². The first kappa shape index (κ1) is 27.5. The Labute approximate surface area is 245 Å². The maximum absolute atomic E-state index is 12.5.